The van der Waals surface area contributed by atoms with Crippen LogP contribution in [0.15, 0.2) is 5.38 Å². The number of aryl methyl sites for hydroxylation is 1. The summed E-state index contributed by atoms with van der Waals surface area (Å²) in [6.07, 6.45) is 2.15. The fourth-order valence-electron chi connectivity index (χ4n) is 1.50. The summed E-state index contributed by atoms with van der Waals surface area (Å²) in [5.74, 6) is -0.151. The summed E-state index contributed by atoms with van der Waals surface area (Å²) < 4.78 is 4.90. The van der Waals surface area contributed by atoms with E-state index in [9.17, 15) is 4.79 Å². The number of rotatable bonds is 7. The van der Waals surface area contributed by atoms with Crippen molar-refractivity contribution in [2.24, 2.45) is 0 Å². The molecule has 0 aromatic carbocycles. The number of anilines is 1. The Labute approximate surface area is 113 Å². The second-order valence-corrected chi connectivity index (χ2v) is 5.13. The van der Waals surface area contributed by atoms with Gasteiger partial charge in [0.15, 0.2) is 5.13 Å². The van der Waals surface area contributed by atoms with Crippen LogP contribution in [-0.4, -0.2) is 30.6 Å². The lowest BCUT2D eigenvalue weighted by molar-refractivity contribution is -0.143. The first-order valence-electron chi connectivity index (χ1n) is 6.41. The summed E-state index contributed by atoms with van der Waals surface area (Å²) in [6, 6.07) is 0.481. The van der Waals surface area contributed by atoms with E-state index >= 15 is 0 Å². The molecule has 0 amide bonds. The molecular weight excluding hydrogens is 248 g/mol. The van der Waals surface area contributed by atoms with Crippen molar-refractivity contribution in [2.75, 3.05) is 18.6 Å². The molecule has 1 rings (SSSR count). The molecule has 1 atom stereocenters. The SMILES string of the molecule is CCOC(=O)CCc1csc(N(C)C(C)CC)n1. The summed E-state index contributed by atoms with van der Waals surface area (Å²) >= 11 is 1.63. The molecule has 0 bridgehead atoms. The lowest BCUT2D eigenvalue weighted by atomic mass is 10.2. The van der Waals surface area contributed by atoms with Gasteiger partial charge in [-0.1, -0.05) is 6.92 Å². The molecule has 1 aromatic rings. The van der Waals surface area contributed by atoms with E-state index in [0.29, 0.717) is 25.5 Å². The average molecular weight is 270 g/mol. The van der Waals surface area contributed by atoms with Gasteiger partial charge in [-0.15, -0.1) is 11.3 Å². The van der Waals surface area contributed by atoms with Crippen molar-refractivity contribution in [1.29, 1.82) is 0 Å². The molecule has 0 aliphatic rings. The summed E-state index contributed by atoms with van der Waals surface area (Å²) in [5, 5.41) is 3.04. The highest BCUT2D eigenvalue weighted by atomic mass is 32.1. The Balaban J connectivity index is 2.50. The maximum atomic E-state index is 11.3. The predicted molar refractivity (Wildman–Crippen MR) is 75.2 cm³/mol. The van der Waals surface area contributed by atoms with Gasteiger partial charge >= 0.3 is 5.97 Å². The van der Waals surface area contributed by atoms with Crippen LogP contribution in [0.25, 0.3) is 0 Å². The standard InChI is InChI=1S/C13H22N2O2S/c1-5-10(3)15(4)13-14-11(9-18-13)7-8-12(16)17-6-2/h9-10H,5-8H2,1-4H3. The number of carbonyl (C=O) groups excluding carboxylic acids is 1. The minimum Gasteiger partial charge on any atom is -0.466 e. The quantitative estimate of drug-likeness (QED) is 0.715. The molecule has 4 nitrogen and oxygen atoms in total. The Morgan fingerprint density at radius 1 is 1.56 bits per heavy atom. The van der Waals surface area contributed by atoms with Crippen LogP contribution in [0.2, 0.25) is 0 Å². The number of carbonyl (C=O) groups is 1. The first-order valence-corrected chi connectivity index (χ1v) is 7.29. The van der Waals surface area contributed by atoms with Gasteiger partial charge in [0.1, 0.15) is 0 Å². The molecule has 1 aromatic heterocycles. The average Bonchev–Trinajstić information content (AvgIpc) is 2.83. The zero-order valence-electron chi connectivity index (χ0n) is 11.6. The van der Waals surface area contributed by atoms with Crippen molar-refractivity contribution in [3.05, 3.63) is 11.1 Å². The van der Waals surface area contributed by atoms with Crippen molar-refractivity contribution in [2.45, 2.75) is 46.1 Å². The van der Waals surface area contributed by atoms with Crippen LogP contribution < -0.4 is 4.90 Å². The third kappa shape index (κ3) is 4.29. The Kier molecular flexibility index (Phi) is 6.12. The van der Waals surface area contributed by atoms with E-state index in [2.05, 4.69) is 30.8 Å². The summed E-state index contributed by atoms with van der Waals surface area (Å²) in [7, 11) is 2.06. The Hall–Kier alpha value is -1.10. The number of hydrogen-bond donors (Lipinski definition) is 0. The molecule has 0 aliphatic carbocycles. The molecule has 0 saturated carbocycles. The van der Waals surface area contributed by atoms with Gasteiger partial charge in [-0.2, -0.15) is 0 Å². The topological polar surface area (TPSA) is 42.4 Å². The minimum atomic E-state index is -0.151. The zero-order valence-corrected chi connectivity index (χ0v) is 12.4. The van der Waals surface area contributed by atoms with E-state index in [1.807, 2.05) is 12.3 Å². The van der Waals surface area contributed by atoms with Gasteiger partial charge < -0.3 is 9.64 Å². The molecular formula is C13H22N2O2S. The maximum Gasteiger partial charge on any atom is 0.306 e. The molecule has 0 saturated heterocycles. The number of aromatic nitrogens is 1. The number of nitrogens with zero attached hydrogens (tertiary/aromatic N) is 2. The van der Waals surface area contributed by atoms with Crippen molar-refractivity contribution >= 4 is 22.4 Å². The van der Waals surface area contributed by atoms with Gasteiger partial charge in [0, 0.05) is 24.9 Å². The van der Waals surface area contributed by atoms with Gasteiger partial charge in [-0.3, -0.25) is 4.79 Å². The Morgan fingerprint density at radius 3 is 2.89 bits per heavy atom. The fraction of sp³-hybridized carbons (Fsp3) is 0.692. The second-order valence-electron chi connectivity index (χ2n) is 4.29. The molecule has 1 heterocycles. The molecule has 102 valence electrons. The summed E-state index contributed by atoms with van der Waals surface area (Å²) in [4.78, 5) is 18.0. The molecule has 0 radical (unpaired) electrons. The van der Waals surface area contributed by atoms with Crippen LogP contribution >= 0.6 is 11.3 Å². The normalized spacial score (nSPS) is 12.2. The highest BCUT2D eigenvalue weighted by Gasteiger charge is 2.12. The molecule has 0 spiro atoms. The summed E-state index contributed by atoms with van der Waals surface area (Å²) in [6.45, 7) is 6.61. The van der Waals surface area contributed by atoms with Gasteiger partial charge in [-0.05, 0) is 20.3 Å². The first kappa shape index (κ1) is 15.0. The third-order valence-corrected chi connectivity index (χ3v) is 3.96. The van der Waals surface area contributed by atoms with Crippen LogP contribution in [0.1, 0.15) is 39.3 Å². The van der Waals surface area contributed by atoms with Crippen molar-refractivity contribution < 1.29 is 9.53 Å². The molecule has 1 unspecified atom stereocenters. The van der Waals surface area contributed by atoms with Crippen LogP contribution in [0, 0.1) is 0 Å². The number of thiazole rings is 1. The van der Waals surface area contributed by atoms with E-state index in [0.717, 1.165) is 17.2 Å². The Morgan fingerprint density at radius 2 is 2.28 bits per heavy atom. The van der Waals surface area contributed by atoms with Crippen LogP contribution in [0.4, 0.5) is 5.13 Å². The van der Waals surface area contributed by atoms with Crippen molar-refractivity contribution in [3.8, 4) is 0 Å². The van der Waals surface area contributed by atoms with Gasteiger partial charge in [0.05, 0.1) is 18.7 Å². The predicted octanol–water partition coefficient (Wildman–Crippen LogP) is 2.87. The molecule has 5 heteroatoms. The number of esters is 1. The fourth-order valence-corrected chi connectivity index (χ4v) is 2.43. The minimum absolute atomic E-state index is 0.151. The molecule has 18 heavy (non-hydrogen) atoms. The second kappa shape index (κ2) is 7.36. The molecule has 0 aliphatic heterocycles. The zero-order chi connectivity index (χ0) is 13.5. The van der Waals surface area contributed by atoms with Gasteiger partial charge in [0.2, 0.25) is 0 Å². The lowest BCUT2D eigenvalue weighted by Crippen LogP contribution is -2.27. The van der Waals surface area contributed by atoms with E-state index < -0.39 is 0 Å². The molecule has 0 fully saturated rings. The van der Waals surface area contributed by atoms with E-state index in [-0.39, 0.29) is 5.97 Å². The van der Waals surface area contributed by atoms with E-state index in [1.54, 1.807) is 11.3 Å². The highest BCUT2D eigenvalue weighted by molar-refractivity contribution is 7.13. The van der Waals surface area contributed by atoms with Crippen molar-refractivity contribution in [1.82, 2.24) is 4.98 Å². The summed E-state index contributed by atoms with van der Waals surface area (Å²) in [5.41, 5.74) is 0.971. The van der Waals surface area contributed by atoms with E-state index in [4.69, 9.17) is 4.74 Å². The highest BCUT2D eigenvalue weighted by Crippen LogP contribution is 2.22. The maximum absolute atomic E-state index is 11.3. The van der Waals surface area contributed by atoms with Crippen molar-refractivity contribution in [3.63, 3.8) is 0 Å². The Bertz CT molecular complexity index is 379. The first-order chi connectivity index (χ1) is 8.58. The molecule has 0 N–H and O–H groups in total. The lowest BCUT2D eigenvalue weighted by Gasteiger charge is -2.22. The monoisotopic (exact) mass is 270 g/mol. The smallest absolute Gasteiger partial charge is 0.306 e. The van der Waals surface area contributed by atoms with Crippen LogP contribution in [0.3, 0.4) is 0 Å². The van der Waals surface area contributed by atoms with E-state index in [1.165, 1.54) is 0 Å². The van der Waals surface area contributed by atoms with Crippen LogP contribution in [0.5, 0.6) is 0 Å². The third-order valence-electron chi connectivity index (χ3n) is 2.98. The van der Waals surface area contributed by atoms with Gasteiger partial charge in [0.25, 0.3) is 0 Å². The number of hydrogen-bond acceptors (Lipinski definition) is 5. The largest absolute Gasteiger partial charge is 0.466 e. The van der Waals surface area contributed by atoms with Gasteiger partial charge in [-0.25, -0.2) is 4.98 Å². The van der Waals surface area contributed by atoms with Crippen LogP contribution in [-0.2, 0) is 16.0 Å². The number of ether oxygens (including phenoxy) is 1.